The van der Waals surface area contributed by atoms with Crippen molar-refractivity contribution < 1.29 is 127 Å². The molecule has 0 bridgehead atoms. The Labute approximate surface area is 148 Å². The first-order chi connectivity index (χ1) is 4.13. The fourth-order valence-electron chi connectivity index (χ4n) is 0.471. The number of epoxide rings is 1. The Balaban J connectivity index is 0. The van der Waals surface area contributed by atoms with Gasteiger partial charge in [-0.2, -0.15) is 0 Å². The van der Waals surface area contributed by atoms with Gasteiger partial charge in [-0.3, -0.25) is 0 Å². The quantitative estimate of drug-likeness (QED) is 0.332. The smallest absolute Gasteiger partial charge is 0.547 e. The zero-order valence-corrected chi connectivity index (χ0v) is 12.4. The molecule has 0 radical (unpaired) electrons. The van der Waals surface area contributed by atoms with E-state index in [1.54, 1.807) is 0 Å². The van der Waals surface area contributed by atoms with E-state index in [1.165, 1.54) is 0 Å². The molecule has 50 valence electrons. The molecule has 0 saturated carbocycles. The van der Waals surface area contributed by atoms with Crippen LogP contribution in [0.15, 0.2) is 0 Å². The van der Waals surface area contributed by atoms with Crippen molar-refractivity contribution in [3.63, 3.8) is 0 Å². The number of carboxylic acids is 2. The molecule has 1 saturated heterocycles. The van der Waals surface area contributed by atoms with E-state index < -0.39 is 24.1 Å². The predicted molar refractivity (Wildman–Crippen MR) is 18.7 cm³/mol. The average molecular weight is 208 g/mol. The number of carbonyl (C=O) groups is 2. The summed E-state index contributed by atoms with van der Waals surface area (Å²) in [5.74, 6) is -3.02. The molecule has 11 heavy (non-hydrogen) atoms. The molecule has 0 spiro atoms. The summed E-state index contributed by atoms with van der Waals surface area (Å²) in [7, 11) is 0. The summed E-state index contributed by atoms with van der Waals surface area (Å²) in [4.78, 5) is 19.5. The molecule has 1 aliphatic rings. The van der Waals surface area contributed by atoms with Crippen LogP contribution in [0.2, 0.25) is 0 Å². The number of carboxylic acid groups (broad SMARTS) is 2. The number of rotatable bonds is 2. The maximum absolute atomic E-state index is 9.75. The van der Waals surface area contributed by atoms with Gasteiger partial charge in [0.25, 0.3) is 0 Å². The zero-order valence-electron chi connectivity index (χ0n) is 6.20. The van der Waals surface area contributed by atoms with E-state index in [-0.39, 0.29) is 103 Å². The molecule has 0 aromatic rings. The number of hydrogen-bond acceptors (Lipinski definition) is 5. The minimum absolute atomic E-state index is 0. The van der Waals surface area contributed by atoms with E-state index in [1.807, 2.05) is 0 Å². The molecule has 2 atom stereocenters. The van der Waals surface area contributed by atoms with Crippen molar-refractivity contribution in [3.8, 4) is 0 Å². The Morgan fingerprint density at radius 1 is 1.00 bits per heavy atom. The van der Waals surface area contributed by atoms with E-state index in [4.69, 9.17) is 0 Å². The van der Waals surface area contributed by atoms with E-state index in [0.717, 1.165) is 0 Å². The number of ether oxygens (including phenoxy) is 1. The van der Waals surface area contributed by atoms with Gasteiger partial charge in [0.15, 0.2) is 0 Å². The first-order valence-corrected chi connectivity index (χ1v) is 2.20. The van der Waals surface area contributed by atoms with Gasteiger partial charge in [-0.05, 0) is 0 Å². The molecule has 7 heteroatoms. The van der Waals surface area contributed by atoms with Crippen molar-refractivity contribution in [2.24, 2.45) is 0 Å². The average Bonchev–Trinajstić information content (AvgIpc) is 2.39. The van der Waals surface area contributed by atoms with Gasteiger partial charge in [0.2, 0.25) is 0 Å². The summed E-state index contributed by atoms with van der Waals surface area (Å²) in [5, 5.41) is 19.5. The Hall–Kier alpha value is 2.17. The molecule has 1 rings (SSSR count). The fourth-order valence-corrected chi connectivity index (χ4v) is 0.471. The normalized spacial score (nSPS) is 25.8. The Morgan fingerprint density at radius 3 is 1.36 bits per heavy atom. The van der Waals surface area contributed by atoms with Gasteiger partial charge in [0.1, 0.15) is 12.2 Å². The summed E-state index contributed by atoms with van der Waals surface area (Å²) in [6.07, 6.45) is -2.59. The fraction of sp³-hybridized carbons (Fsp3) is 0.500. The Kier molecular flexibility index (Phi) is 9.38. The van der Waals surface area contributed by atoms with Crippen molar-refractivity contribution in [1.29, 1.82) is 0 Å². The first-order valence-electron chi connectivity index (χ1n) is 2.20. The summed E-state index contributed by atoms with van der Waals surface area (Å²) in [6.45, 7) is 0. The molecule has 1 heterocycles. The van der Waals surface area contributed by atoms with Gasteiger partial charge in [-0.1, -0.05) is 0 Å². The van der Waals surface area contributed by atoms with Gasteiger partial charge in [0, 0.05) is 0 Å². The molecule has 0 aromatic heterocycles. The topological polar surface area (TPSA) is 92.8 Å². The molecule has 2 unspecified atom stereocenters. The van der Waals surface area contributed by atoms with Crippen molar-refractivity contribution in [2.45, 2.75) is 12.2 Å². The maximum atomic E-state index is 9.75. The summed E-state index contributed by atoms with van der Waals surface area (Å²) >= 11 is 0. The third kappa shape index (κ3) is 4.82. The third-order valence-corrected chi connectivity index (χ3v) is 0.956. The molecule has 0 amide bonds. The number of carbonyl (C=O) groups excluding carboxylic acids is 2. The van der Waals surface area contributed by atoms with Crippen molar-refractivity contribution in [1.82, 2.24) is 0 Å². The van der Waals surface area contributed by atoms with Crippen molar-refractivity contribution in [2.75, 3.05) is 0 Å². The molecule has 1 aliphatic heterocycles. The van der Waals surface area contributed by atoms with Gasteiger partial charge in [0.05, 0.1) is 11.9 Å². The number of aliphatic carboxylic acids is 2. The van der Waals surface area contributed by atoms with Crippen LogP contribution in [-0.4, -0.2) is 24.1 Å². The van der Waals surface area contributed by atoms with Crippen LogP contribution < -0.4 is 113 Å². The van der Waals surface area contributed by atoms with E-state index in [0.29, 0.717) is 0 Å². The standard InChI is InChI=1S/C4H4O5.2K/c5-3(6)1-2(9-1)4(7)8;;/h1-2H,(H,5,6)(H,7,8);;/q;2*+1/p-2. The van der Waals surface area contributed by atoms with Crippen molar-refractivity contribution >= 4 is 11.9 Å². The minimum Gasteiger partial charge on any atom is -0.547 e. The van der Waals surface area contributed by atoms with Crippen LogP contribution >= 0.6 is 0 Å². The largest absolute Gasteiger partial charge is 1.00 e. The van der Waals surface area contributed by atoms with Crippen LogP contribution in [-0.2, 0) is 14.3 Å². The molecule has 0 aliphatic carbocycles. The van der Waals surface area contributed by atoms with Gasteiger partial charge in [-0.15, -0.1) is 0 Å². The molecule has 0 aromatic carbocycles. The molecule has 0 N–H and O–H groups in total. The Bertz CT molecular complexity index is 152. The summed E-state index contributed by atoms with van der Waals surface area (Å²) in [6, 6.07) is 0. The van der Waals surface area contributed by atoms with Crippen LogP contribution in [0.4, 0.5) is 0 Å². The van der Waals surface area contributed by atoms with Gasteiger partial charge >= 0.3 is 103 Å². The predicted octanol–water partition coefficient (Wildman–Crippen LogP) is -9.74. The van der Waals surface area contributed by atoms with E-state index in [2.05, 4.69) is 4.74 Å². The van der Waals surface area contributed by atoms with Crippen LogP contribution in [0.1, 0.15) is 0 Å². The summed E-state index contributed by atoms with van der Waals surface area (Å²) in [5.41, 5.74) is 0. The SMILES string of the molecule is O=C([O-])C1OC1C(=O)[O-].[K+].[K+]. The monoisotopic (exact) mass is 208 g/mol. The van der Waals surface area contributed by atoms with Crippen molar-refractivity contribution in [3.05, 3.63) is 0 Å². The second-order valence-corrected chi connectivity index (χ2v) is 1.62. The van der Waals surface area contributed by atoms with E-state index in [9.17, 15) is 19.8 Å². The van der Waals surface area contributed by atoms with Gasteiger partial charge < -0.3 is 24.5 Å². The van der Waals surface area contributed by atoms with E-state index >= 15 is 0 Å². The van der Waals surface area contributed by atoms with Crippen LogP contribution in [0.3, 0.4) is 0 Å². The van der Waals surface area contributed by atoms with Crippen LogP contribution in [0, 0.1) is 0 Å². The molecule has 5 nitrogen and oxygen atoms in total. The third-order valence-electron chi connectivity index (χ3n) is 0.956. The summed E-state index contributed by atoms with van der Waals surface area (Å²) < 4.78 is 4.12. The molecular weight excluding hydrogens is 206 g/mol. The second kappa shape index (κ2) is 6.60. The number of hydrogen-bond donors (Lipinski definition) is 0. The maximum Gasteiger partial charge on any atom is 1.00 e. The first kappa shape index (κ1) is 15.6. The minimum atomic E-state index is -1.51. The van der Waals surface area contributed by atoms with Crippen LogP contribution in [0.5, 0.6) is 0 Å². The van der Waals surface area contributed by atoms with Gasteiger partial charge in [-0.25, -0.2) is 0 Å². The van der Waals surface area contributed by atoms with Crippen LogP contribution in [0.25, 0.3) is 0 Å². The molecular formula is C4H2K2O5. The zero-order chi connectivity index (χ0) is 7.02. The molecule has 1 fully saturated rings. The Morgan fingerprint density at radius 2 is 1.27 bits per heavy atom. The second-order valence-electron chi connectivity index (χ2n) is 1.62.